The molecule has 1 N–H and O–H groups in total. The van der Waals surface area contributed by atoms with Crippen molar-refractivity contribution in [3.63, 3.8) is 0 Å². The van der Waals surface area contributed by atoms with E-state index in [1.165, 1.54) is 19.1 Å². The Labute approximate surface area is 132 Å². The summed E-state index contributed by atoms with van der Waals surface area (Å²) in [6.45, 7) is 3.27. The standard InChI is InChI=1S/C15H14BrNO3S/c1-10-5-3-8-14(15(10)16)17-21(19,20)13-7-4-6-12(9-13)11(2)18/h3-9,17H,1-2H3. The van der Waals surface area contributed by atoms with Crippen LogP contribution >= 0.6 is 15.9 Å². The number of carbonyl (C=O) groups is 1. The van der Waals surface area contributed by atoms with E-state index in [0.717, 1.165) is 5.56 Å². The molecule has 0 bridgehead atoms. The summed E-state index contributed by atoms with van der Waals surface area (Å²) < 4.78 is 28.0. The van der Waals surface area contributed by atoms with E-state index >= 15 is 0 Å². The zero-order valence-electron chi connectivity index (χ0n) is 11.6. The number of anilines is 1. The van der Waals surface area contributed by atoms with Gasteiger partial charge in [-0.05, 0) is 53.5 Å². The van der Waals surface area contributed by atoms with Gasteiger partial charge in [0.25, 0.3) is 10.0 Å². The van der Waals surface area contributed by atoms with E-state index in [0.29, 0.717) is 15.7 Å². The maximum Gasteiger partial charge on any atom is 0.261 e. The molecule has 21 heavy (non-hydrogen) atoms. The molecule has 2 aromatic rings. The van der Waals surface area contributed by atoms with Crippen LogP contribution in [0, 0.1) is 6.92 Å². The number of hydrogen-bond donors (Lipinski definition) is 1. The molecule has 0 fully saturated rings. The fourth-order valence-corrected chi connectivity index (χ4v) is 3.42. The fourth-order valence-electron chi connectivity index (χ4n) is 1.81. The van der Waals surface area contributed by atoms with Crippen molar-refractivity contribution in [3.8, 4) is 0 Å². The van der Waals surface area contributed by atoms with Crippen molar-refractivity contribution in [2.24, 2.45) is 0 Å². The number of halogens is 1. The molecule has 0 heterocycles. The number of sulfonamides is 1. The predicted octanol–water partition coefficient (Wildman–Crippen LogP) is 3.76. The lowest BCUT2D eigenvalue weighted by atomic mass is 10.2. The molecular weight excluding hydrogens is 354 g/mol. The molecule has 4 nitrogen and oxygen atoms in total. The highest BCUT2D eigenvalue weighted by Gasteiger charge is 2.17. The molecule has 2 aromatic carbocycles. The van der Waals surface area contributed by atoms with Crippen LogP contribution in [0.1, 0.15) is 22.8 Å². The summed E-state index contributed by atoms with van der Waals surface area (Å²) in [7, 11) is -3.74. The van der Waals surface area contributed by atoms with Gasteiger partial charge in [-0.1, -0.05) is 24.3 Å². The summed E-state index contributed by atoms with van der Waals surface area (Å²) in [5.41, 5.74) is 1.75. The quantitative estimate of drug-likeness (QED) is 0.836. The van der Waals surface area contributed by atoms with E-state index in [1.54, 1.807) is 24.3 Å². The molecule has 0 radical (unpaired) electrons. The highest BCUT2D eigenvalue weighted by Crippen LogP contribution is 2.28. The minimum absolute atomic E-state index is 0.0589. The minimum atomic E-state index is -3.74. The molecule has 0 aromatic heterocycles. The van der Waals surface area contributed by atoms with Crippen LogP contribution in [0.3, 0.4) is 0 Å². The van der Waals surface area contributed by atoms with Crippen LogP contribution in [0.5, 0.6) is 0 Å². The van der Waals surface area contributed by atoms with Gasteiger partial charge < -0.3 is 0 Å². The highest BCUT2D eigenvalue weighted by atomic mass is 79.9. The van der Waals surface area contributed by atoms with E-state index in [9.17, 15) is 13.2 Å². The van der Waals surface area contributed by atoms with Crippen LogP contribution in [0.25, 0.3) is 0 Å². The number of nitrogens with one attached hydrogen (secondary N) is 1. The molecular formula is C15H14BrNO3S. The number of carbonyl (C=O) groups excluding carboxylic acids is 1. The smallest absolute Gasteiger partial charge is 0.261 e. The summed E-state index contributed by atoms with van der Waals surface area (Å²) in [4.78, 5) is 11.4. The Hall–Kier alpha value is -1.66. The van der Waals surface area contributed by atoms with E-state index in [2.05, 4.69) is 20.7 Å². The summed E-state index contributed by atoms with van der Waals surface area (Å²) in [5, 5.41) is 0. The maximum atomic E-state index is 12.4. The Morgan fingerprint density at radius 3 is 2.48 bits per heavy atom. The largest absolute Gasteiger partial charge is 0.295 e. The van der Waals surface area contributed by atoms with Gasteiger partial charge in [0.05, 0.1) is 10.6 Å². The van der Waals surface area contributed by atoms with Crippen molar-refractivity contribution < 1.29 is 13.2 Å². The van der Waals surface area contributed by atoms with Crippen LogP contribution in [0.2, 0.25) is 0 Å². The summed E-state index contributed by atoms with van der Waals surface area (Å²) in [5.74, 6) is -0.177. The Morgan fingerprint density at radius 2 is 1.81 bits per heavy atom. The van der Waals surface area contributed by atoms with Gasteiger partial charge in [0.15, 0.2) is 5.78 Å². The average molecular weight is 368 g/mol. The normalized spacial score (nSPS) is 11.2. The van der Waals surface area contributed by atoms with Gasteiger partial charge in [0, 0.05) is 10.0 Å². The Balaban J connectivity index is 2.41. The van der Waals surface area contributed by atoms with Gasteiger partial charge in [0.2, 0.25) is 0 Å². The molecule has 0 saturated carbocycles. The lowest BCUT2D eigenvalue weighted by Gasteiger charge is -2.11. The van der Waals surface area contributed by atoms with Crippen LogP contribution < -0.4 is 4.72 Å². The zero-order chi connectivity index (χ0) is 15.6. The molecule has 0 unspecified atom stereocenters. The second-order valence-electron chi connectivity index (χ2n) is 4.63. The molecule has 0 aliphatic carbocycles. The number of ketones is 1. The Morgan fingerprint density at radius 1 is 1.14 bits per heavy atom. The number of aryl methyl sites for hydroxylation is 1. The summed E-state index contributed by atoms with van der Waals surface area (Å²) in [6.07, 6.45) is 0. The predicted molar refractivity (Wildman–Crippen MR) is 86.1 cm³/mol. The van der Waals surface area contributed by atoms with Crippen LogP contribution in [0.4, 0.5) is 5.69 Å². The number of hydrogen-bond acceptors (Lipinski definition) is 3. The monoisotopic (exact) mass is 367 g/mol. The van der Waals surface area contributed by atoms with Crippen molar-refractivity contribution in [3.05, 3.63) is 58.1 Å². The second kappa shape index (κ2) is 5.99. The molecule has 0 aliphatic rings. The first kappa shape index (κ1) is 15.7. The van der Waals surface area contributed by atoms with Gasteiger partial charge in [0.1, 0.15) is 0 Å². The summed E-state index contributed by atoms with van der Waals surface area (Å²) >= 11 is 3.36. The fraction of sp³-hybridized carbons (Fsp3) is 0.133. The second-order valence-corrected chi connectivity index (χ2v) is 7.10. The number of rotatable bonds is 4. The summed E-state index contributed by atoms with van der Waals surface area (Å²) in [6, 6.07) is 11.3. The maximum absolute atomic E-state index is 12.4. The third-order valence-electron chi connectivity index (χ3n) is 2.99. The lowest BCUT2D eigenvalue weighted by Crippen LogP contribution is -2.14. The van der Waals surface area contributed by atoms with Gasteiger partial charge in [-0.3, -0.25) is 9.52 Å². The highest BCUT2D eigenvalue weighted by molar-refractivity contribution is 9.10. The SMILES string of the molecule is CC(=O)c1cccc(S(=O)(=O)Nc2cccc(C)c2Br)c1. The van der Waals surface area contributed by atoms with E-state index in [4.69, 9.17) is 0 Å². The molecule has 110 valence electrons. The Bertz CT molecular complexity index is 800. The van der Waals surface area contributed by atoms with Crippen molar-refractivity contribution in [1.29, 1.82) is 0 Å². The molecule has 0 amide bonds. The van der Waals surface area contributed by atoms with Crippen molar-refractivity contribution >= 4 is 37.4 Å². The van der Waals surface area contributed by atoms with Crippen LogP contribution in [-0.2, 0) is 10.0 Å². The lowest BCUT2D eigenvalue weighted by molar-refractivity contribution is 0.101. The third kappa shape index (κ3) is 3.51. The number of Topliss-reactive ketones (excluding diaryl/α,β-unsaturated/α-hetero) is 1. The average Bonchev–Trinajstić information content (AvgIpc) is 2.44. The minimum Gasteiger partial charge on any atom is -0.295 e. The van der Waals surface area contributed by atoms with Gasteiger partial charge in [-0.15, -0.1) is 0 Å². The molecule has 0 atom stereocenters. The Kier molecular flexibility index (Phi) is 4.49. The van der Waals surface area contributed by atoms with E-state index < -0.39 is 10.0 Å². The van der Waals surface area contributed by atoms with Crippen LogP contribution in [-0.4, -0.2) is 14.2 Å². The van der Waals surface area contributed by atoms with E-state index in [-0.39, 0.29) is 10.7 Å². The van der Waals surface area contributed by atoms with Crippen molar-refractivity contribution in [2.45, 2.75) is 18.7 Å². The first-order valence-electron chi connectivity index (χ1n) is 6.20. The van der Waals surface area contributed by atoms with Gasteiger partial charge in [-0.2, -0.15) is 0 Å². The molecule has 6 heteroatoms. The first-order valence-corrected chi connectivity index (χ1v) is 8.48. The first-order chi connectivity index (χ1) is 9.81. The van der Waals surface area contributed by atoms with Gasteiger partial charge in [-0.25, -0.2) is 8.42 Å². The zero-order valence-corrected chi connectivity index (χ0v) is 14.0. The van der Waals surface area contributed by atoms with Crippen molar-refractivity contribution in [1.82, 2.24) is 0 Å². The topological polar surface area (TPSA) is 63.2 Å². The molecule has 0 spiro atoms. The molecule has 2 rings (SSSR count). The van der Waals surface area contributed by atoms with E-state index in [1.807, 2.05) is 13.0 Å². The third-order valence-corrected chi connectivity index (χ3v) is 5.40. The van der Waals surface area contributed by atoms with Gasteiger partial charge >= 0.3 is 0 Å². The van der Waals surface area contributed by atoms with Crippen LogP contribution in [0.15, 0.2) is 51.8 Å². The molecule has 0 aliphatic heterocycles. The number of benzene rings is 2. The van der Waals surface area contributed by atoms with Crippen molar-refractivity contribution in [2.75, 3.05) is 4.72 Å². The molecule has 0 saturated heterocycles.